The van der Waals surface area contributed by atoms with Gasteiger partial charge >= 0.3 is 0 Å². The minimum atomic E-state index is -0.724. The van der Waals surface area contributed by atoms with Gasteiger partial charge in [-0.25, -0.2) is 9.97 Å². The summed E-state index contributed by atoms with van der Waals surface area (Å²) in [5.41, 5.74) is 1.14. The van der Waals surface area contributed by atoms with Crippen LogP contribution in [-0.4, -0.2) is 31.8 Å². The number of pyridine rings is 1. The maximum absolute atomic E-state index is 9.95. The summed E-state index contributed by atoms with van der Waals surface area (Å²) in [4.78, 5) is 8.56. The lowest BCUT2D eigenvalue weighted by atomic mass is 10.0. The van der Waals surface area contributed by atoms with Crippen LogP contribution in [0.4, 0.5) is 5.82 Å². The van der Waals surface area contributed by atoms with Gasteiger partial charge in [0, 0.05) is 19.8 Å². The van der Waals surface area contributed by atoms with Crippen LogP contribution in [0.1, 0.15) is 20.3 Å². The van der Waals surface area contributed by atoms with Crippen molar-refractivity contribution in [1.82, 2.24) is 14.5 Å². The van der Waals surface area contributed by atoms with Gasteiger partial charge in [0.2, 0.25) is 0 Å². The standard InChI is InChI=1S/C12H18N4O/c1-4-12(2,17)7-14-11-10-9(5-6-13-11)16(3)8-15-10/h5-6,8,17H,4,7H2,1-3H3,(H,13,14). The van der Waals surface area contributed by atoms with E-state index in [0.717, 1.165) is 16.9 Å². The Kier molecular flexibility index (Phi) is 3.02. The fourth-order valence-corrected chi connectivity index (χ4v) is 1.59. The van der Waals surface area contributed by atoms with Gasteiger partial charge in [0.25, 0.3) is 0 Å². The molecule has 2 aromatic rings. The predicted molar refractivity (Wildman–Crippen MR) is 67.9 cm³/mol. The molecule has 92 valence electrons. The molecule has 0 aliphatic heterocycles. The molecule has 0 aliphatic rings. The molecular weight excluding hydrogens is 216 g/mol. The van der Waals surface area contributed by atoms with Gasteiger partial charge in [-0.2, -0.15) is 0 Å². The first-order valence-corrected chi connectivity index (χ1v) is 5.76. The Bertz CT molecular complexity index is 518. The molecule has 0 bridgehead atoms. The minimum absolute atomic E-state index is 0.464. The van der Waals surface area contributed by atoms with Crippen LogP contribution in [0.2, 0.25) is 0 Å². The molecule has 0 aliphatic carbocycles. The van der Waals surface area contributed by atoms with Crippen molar-refractivity contribution in [2.75, 3.05) is 11.9 Å². The normalized spacial score (nSPS) is 14.8. The number of hydrogen-bond donors (Lipinski definition) is 2. The van der Waals surface area contributed by atoms with Crippen LogP contribution < -0.4 is 5.32 Å². The van der Waals surface area contributed by atoms with Gasteiger partial charge in [-0.15, -0.1) is 0 Å². The predicted octanol–water partition coefficient (Wildman–Crippen LogP) is 1.54. The fraction of sp³-hybridized carbons (Fsp3) is 0.500. The molecule has 2 heterocycles. The van der Waals surface area contributed by atoms with Crippen LogP contribution in [0.15, 0.2) is 18.6 Å². The molecule has 5 nitrogen and oxygen atoms in total. The quantitative estimate of drug-likeness (QED) is 0.842. The largest absolute Gasteiger partial charge is 0.388 e. The summed E-state index contributed by atoms with van der Waals surface area (Å²) in [6, 6.07) is 1.92. The van der Waals surface area contributed by atoms with Crippen molar-refractivity contribution in [1.29, 1.82) is 0 Å². The van der Waals surface area contributed by atoms with Crippen molar-refractivity contribution in [3.8, 4) is 0 Å². The molecule has 0 radical (unpaired) electrons. The number of aromatic nitrogens is 3. The van der Waals surface area contributed by atoms with E-state index >= 15 is 0 Å². The molecule has 17 heavy (non-hydrogen) atoms. The molecule has 1 atom stereocenters. The van der Waals surface area contributed by atoms with E-state index < -0.39 is 5.60 Å². The smallest absolute Gasteiger partial charge is 0.154 e. The average Bonchev–Trinajstić information content (AvgIpc) is 2.70. The number of imidazole rings is 1. The van der Waals surface area contributed by atoms with Gasteiger partial charge in [-0.05, 0) is 19.4 Å². The number of rotatable bonds is 4. The highest BCUT2D eigenvalue weighted by Crippen LogP contribution is 2.19. The number of aliphatic hydroxyl groups is 1. The van der Waals surface area contributed by atoms with E-state index in [9.17, 15) is 5.11 Å². The maximum atomic E-state index is 9.95. The number of fused-ring (bicyclic) bond motifs is 1. The second-order valence-corrected chi connectivity index (χ2v) is 4.59. The summed E-state index contributed by atoms with van der Waals surface area (Å²) >= 11 is 0. The zero-order valence-electron chi connectivity index (χ0n) is 10.4. The molecule has 0 amide bonds. The first-order valence-electron chi connectivity index (χ1n) is 5.76. The van der Waals surface area contributed by atoms with Gasteiger partial charge in [0.1, 0.15) is 5.52 Å². The summed E-state index contributed by atoms with van der Waals surface area (Å²) in [6.07, 6.45) is 4.20. The SMILES string of the molecule is CCC(C)(O)CNc1nccc2c1ncn2C. The topological polar surface area (TPSA) is 63.0 Å². The fourth-order valence-electron chi connectivity index (χ4n) is 1.59. The van der Waals surface area contributed by atoms with E-state index in [2.05, 4.69) is 15.3 Å². The number of hydrogen-bond acceptors (Lipinski definition) is 4. The maximum Gasteiger partial charge on any atom is 0.154 e. The average molecular weight is 234 g/mol. The van der Waals surface area contributed by atoms with E-state index in [-0.39, 0.29) is 0 Å². The van der Waals surface area contributed by atoms with Crippen molar-refractivity contribution in [3.63, 3.8) is 0 Å². The summed E-state index contributed by atoms with van der Waals surface area (Å²) in [6.45, 7) is 4.22. The summed E-state index contributed by atoms with van der Waals surface area (Å²) in [5, 5.41) is 13.1. The summed E-state index contributed by atoms with van der Waals surface area (Å²) in [5.74, 6) is 0.719. The van der Waals surface area contributed by atoms with E-state index in [4.69, 9.17) is 0 Å². The lowest BCUT2D eigenvalue weighted by molar-refractivity contribution is 0.0697. The zero-order valence-corrected chi connectivity index (χ0v) is 10.4. The minimum Gasteiger partial charge on any atom is -0.388 e. The molecule has 0 spiro atoms. The molecule has 1 unspecified atom stereocenters. The first kappa shape index (κ1) is 11.9. The number of aryl methyl sites for hydroxylation is 1. The van der Waals surface area contributed by atoms with Crippen LogP contribution in [0.3, 0.4) is 0 Å². The van der Waals surface area contributed by atoms with Gasteiger partial charge in [-0.3, -0.25) is 0 Å². The highest BCUT2D eigenvalue weighted by atomic mass is 16.3. The van der Waals surface area contributed by atoms with Crippen molar-refractivity contribution >= 4 is 16.9 Å². The molecular formula is C12H18N4O. The molecule has 0 fully saturated rings. The van der Waals surface area contributed by atoms with Gasteiger partial charge in [-0.1, -0.05) is 6.92 Å². The third-order valence-electron chi connectivity index (χ3n) is 3.04. The lowest BCUT2D eigenvalue weighted by Crippen LogP contribution is -2.32. The molecule has 0 saturated heterocycles. The van der Waals surface area contributed by atoms with Crippen LogP contribution in [-0.2, 0) is 7.05 Å². The second-order valence-electron chi connectivity index (χ2n) is 4.59. The summed E-state index contributed by atoms with van der Waals surface area (Å²) < 4.78 is 1.94. The summed E-state index contributed by atoms with van der Waals surface area (Å²) in [7, 11) is 1.95. The Labute approximate surface area is 101 Å². The highest BCUT2D eigenvalue weighted by Gasteiger charge is 2.18. The van der Waals surface area contributed by atoms with Gasteiger partial charge < -0.3 is 15.0 Å². The lowest BCUT2D eigenvalue weighted by Gasteiger charge is -2.21. The third kappa shape index (κ3) is 2.39. The van der Waals surface area contributed by atoms with E-state index in [0.29, 0.717) is 13.0 Å². The molecule has 2 N–H and O–H groups in total. The van der Waals surface area contributed by atoms with E-state index in [1.165, 1.54) is 0 Å². The monoisotopic (exact) mass is 234 g/mol. The number of nitrogens with one attached hydrogen (secondary N) is 1. The van der Waals surface area contributed by atoms with Crippen LogP contribution in [0, 0.1) is 0 Å². The Morgan fingerprint density at radius 3 is 2.94 bits per heavy atom. The molecule has 0 aromatic carbocycles. The molecule has 2 rings (SSSR count). The first-order chi connectivity index (χ1) is 8.03. The second kappa shape index (κ2) is 4.33. The Balaban J connectivity index is 2.25. The van der Waals surface area contributed by atoms with Crippen LogP contribution >= 0.6 is 0 Å². The Hall–Kier alpha value is -1.62. The number of nitrogens with zero attached hydrogens (tertiary/aromatic N) is 3. The van der Waals surface area contributed by atoms with Gasteiger partial charge in [0.15, 0.2) is 5.82 Å². The van der Waals surface area contributed by atoms with Crippen molar-refractivity contribution in [2.45, 2.75) is 25.9 Å². The van der Waals surface area contributed by atoms with Crippen LogP contribution in [0.25, 0.3) is 11.0 Å². The Morgan fingerprint density at radius 2 is 2.24 bits per heavy atom. The van der Waals surface area contributed by atoms with Crippen molar-refractivity contribution in [2.24, 2.45) is 7.05 Å². The third-order valence-corrected chi connectivity index (χ3v) is 3.04. The Morgan fingerprint density at radius 1 is 1.47 bits per heavy atom. The molecule has 5 heteroatoms. The van der Waals surface area contributed by atoms with Crippen molar-refractivity contribution < 1.29 is 5.11 Å². The zero-order chi connectivity index (χ0) is 12.5. The van der Waals surface area contributed by atoms with Gasteiger partial charge in [0.05, 0.1) is 17.4 Å². The van der Waals surface area contributed by atoms with E-state index in [1.807, 2.05) is 24.6 Å². The van der Waals surface area contributed by atoms with E-state index in [1.54, 1.807) is 19.4 Å². The van der Waals surface area contributed by atoms with Crippen LogP contribution in [0.5, 0.6) is 0 Å². The highest BCUT2D eigenvalue weighted by molar-refractivity contribution is 5.85. The number of anilines is 1. The molecule has 2 aromatic heterocycles. The molecule has 0 saturated carbocycles. The van der Waals surface area contributed by atoms with Crippen molar-refractivity contribution in [3.05, 3.63) is 18.6 Å².